The number of aryl methyl sites for hydroxylation is 1. The highest BCUT2D eigenvalue weighted by Gasteiger charge is 2.20. The molecule has 1 fully saturated rings. The molecule has 3 rings (SSSR count). The van der Waals surface area contributed by atoms with E-state index in [0.29, 0.717) is 11.7 Å². The first kappa shape index (κ1) is 12.1. The van der Waals surface area contributed by atoms with Crippen molar-refractivity contribution < 1.29 is 0 Å². The van der Waals surface area contributed by atoms with Crippen LogP contribution in [0, 0.1) is 0 Å². The molecule has 0 radical (unpaired) electrons. The third kappa shape index (κ3) is 2.45. The number of hydrogen-bond donors (Lipinski definition) is 1. The highest BCUT2D eigenvalue weighted by atomic mass is 15.3. The van der Waals surface area contributed by atoms with Crippen LogP contribution >= 0.6 is 0 Å². The van der Waals surface area contributed by atoms with Crippen molar-refractivity contribution in [3.05, 3.63) is 24.0 Å². The summed E-state index contributed by atoms with van der Waals surface area (Å²) in [7, 11) is 3.80. The lowest BCUT2D eigenvalue weighted by molar-refractivity contribution is 0.694. The Morgan fingerprint density at radius 3 is 2.68 bits per heavy atom. The number of nitrogens with one attached hydrogen (secondary N) is 1. The minimum Gasteiger partial charge on any atom is -0.373 e. The highest BCUT2D eigenvalue weighted by Crippen LogP contribution is 2.34. The number of hydrogen-bond acceptors (Lipinski definition) is 4. The number of rotatable bonds is 3. The van der Waals surface area contributed by atoms with Gasteiger partial charge in [-0.05, 0) is 18.9 Å². The molecule has 1 saturated carbocycles. The van der Waals surface area contributed by atoms with E-state index in [9.17, 15) is 0 Å². The van der Waals surface area contributed by atoms with Crippen molar-refractivity contribution in [2.75, 3.05) is 12.4 Å². The van der Waals surface area contributed by atoms with E-state index in [4.69, 9.17) is 4.98 Å². The van der Waals surface area contributed by atoms with Gasteiger partial charge in [-0.25, -0.2) is 9.97 Å². The quantitative estimate of drug-likeness (QED) is 0.918. The van der Waals surface area contributed by atoms with Crippen LogP contribution in [0.4, 0.5) is 5.82 Å². The van der Waals surface area contributed by atoms with E-state index < -0.39 is 0 Å². The van der Waals surface area contributed by atoms with E-state index in [-0.39, 0.29) is 0 Å². The Kier molecular flexibility index (Phi) is 3.19. The lowest BCUT2D eigenvalue weighted by Gasteiger charge is -2.11. The van der Waals surface area contributed by atoms with Crippen LogP contribution in [0.1, 0.15) is 37.3 Å². The van der Waals surface area contributed by atoms with Gasteiger partial charge in [-0.1, -0.05) is 12.8 Å². The first-order chi connectivity index (χ1) is 9.26. The average Bonchev–Trinajstić information content (AvgIpc) is 3.09. The van der Waals surface area contributed by atoms with Gasteiger partial charge in [0, 0.05) is 38.0 Å². The Morgan fingerprint density at radius 1 is 1.26 bits per heavy atom. The van der Waals surface area contributed by atoms with Crippen LogP contribution in [0.3, 0.4) is 0 Å². The first-order valence-corrected chi connectivity index (χ1v) is 6.83. The summed E-state index contributed by atoms with van der Waals surface area (Å²) in [5.41, 5.74) is 1.98. The molecule has 2 aromatic heterocycles. The number of anilines is 1. The van der Waals surface area contributed by atoms with E-state index in [1.807, 2.05) is 26.4 Å². The molecule has 2 heterocycles. The molecular weight excluding hydrogens is 238 g/mol. The van der Waals surface area contributed by atoms with Crippen molar-refractivity contribution in [3.63, 3.8) is 0 Å². The molecule has 0 aliphatic heterocycles. The molecule has 0 atom stereocenters. The summed E-state index contributed by atoms with van der Waals surface area (Å²) >= 11 is 0. The molecule has 0 unspecified atom stereocenters. The second-order valence-corrected chi connectivity index (χ2v) is 5.11. The van der Waals surface area contributed by atoms with Crippen molar-refractivity contribution in [3.8, 4) is 11.5 Å². The summed E-state index contributed by atoms with van der Waals surface area (Å²) < 4.78 is 1.78. The fourth-order valence-corrected chi connectivity index (χ4v) is 2.67. The Morgan fingerprint density at radius 2 is 2.05 bits per heavy atom. The van der Waals surface area contributed by atoms with E-state index in [2.05, 4.69) is 21.5 Å². The molecule has 19 heavy (non-hydrogen) atoms. The zero-order valence-electron chi connectivity index (χ0n) is 11.4. The average molecular weight is 257 g/mol. The SMILES string of the molecule is CNc1cc(C2CCCC2)nc(-c2ccn(C)n2)n1. The Bertz CT molecular complexity index is 569. The maximum atomic E-state index is 4.72. The number of aromatic nitrogens is 4. The topological polar surface area (TPSA) is 55.6 Å². The smallest absolute Gasteiger partial charge is 0.182 e. The molecule has 1 aliphatic rings. The van der Waals surface area contributed by atoms with Gasteiger partial charge in [-0.3, -0.25) is 4.68 Å². The van der Waals surface area contributed by atoms with Gasteiger partial charge in [0.25, 0.3) is 0 Å². The second-order valence-electron chi connectivity index (χ2n) is 5.11. The van der Waals surface area contributed by atoms with Crippen LogP contribution in [0.2, 0.25) is 0 Å². The molecule has 1 aliphatic carbocycles. The van der Waals surface area contributed by atoms with Crippen molar-refractivity contribution in [1.29, 1.82) is 0 Å². The van der Waals surface area contributed by atoms with E-state index >= 15 is 0 Å². The van der Waals surface area contributed by atoms with Crippen LogP contribution in [-0.2, 0) is 7.05 Å². The maximum absolute atomic E-state index is 4.72. The van der Waals surface area contributed by atoms with Gasteiger partial charge in [0.2, 0.25) is 0 Å². The monoisotopic (exact) mass is 257 g/mol. The summed E-state index contributed by atoms with van der Waals surface area (Å²) in [6, 6.07) is 4.02. The van der Waals surface area contributed by atoms with Crippen LogP contribution in [0.25, 0.3) is 11.5 Å². The molecule has 2 aromatic rings. The molecule has 1 N–H and O–H groups in total. The van der Waals surface area contributed by atoms with Crippen molar-refractivity contribution >= 4 is 5.82 Å². The molecule has 0 saturated heterocycles. The van der Waals surface area contributed by atoms with Gasteiger partial charge >= 0.3 is 0 Å². The standard InChI is InChI=1S/C14H19N5/c1-15-13-9-12(10-5-3-4-6-10)16-14(17-13)11-7-8-19(2)18-11/h7-10H,3-6H2,1-2H3,(H,15,16,17). The van der Waals surface area contributed by atoms with Gasteiger partial charge < -0.3 is 5.32 Å². The van der Waals surface area contributed by atoms with Gasteiger partial charge in [0.1, 0.15) is 11.5 Å². The van der Waals surface area contributed by atoms with Crippen molar-refractivity contribution in [1.82, 2.24) is 19.7 Å². The third-order valence-corrected chi connectivity index (χ3v) is 3.72. The lowest BCUT2D eigenvalue weighted by Crippen LogP contribution is -2.04. The normalized spacial score (nSPS) is 15.9. The summed E-state index contributed by atoms with van der Waals surface area (Å²) in [6.07, 6.45) is 7.01. The highest BCUT2D eigenvalue weighted by molar-refractivity contribution is 5.52. The van der Waals surface area contributed by atoms with Gasteiger partial charge in [0.15, 0.2) is 5.82 Å². The fourth-order valence-electron chi connectivity index (χ4n) is 2.67. The lowest BCUT2D eigenvalue weighted by atomic mass is 10.0. The van der Waals surface area contributed by atoms with Crippen LogP contribution in [-0.4, -0.2) is 26.8 Å². The van der Waals surface area contributed by atoms with E-state index in [1.54, 1.807) is 4.68 Å². The second kappa shape index (κ2) is 4.99. The predicted octanol–water partition coefficient (Wildman–Crippen LogP) is 2.58. The zero-order chi connectivity index (χ0) is 13.2. The third-order valence-electron chi connectivity index (χ3n) is 3.72. The molecule has 0 amide bonds. The van der Waals surface area contributed by atoms with Gasteiger partial charge in [-0.15, -0.1) is 0 Å². The van der Waals surface area contributed by atoms with E-state index in [1.165, 1.54) is 25.7 Å². The maximum Gasteiger partial charge on any atom is 0.182 e. The molecule has 0 spiro atoms. The molecule has 5 heteroatoms. The minimum absolute atomic E-state index is 0.581. The molecule has 5 nitrogen and oxygen atoms in total. The van der Waals surface area contributed by atoms with Crippen molar-refractivity contribution in [2.45, 2.75) is 31.6 Å². The summed E-state index contributed by atoms with van der Waals surface area (Å²) in [5.74, 6) is 2.17. The van der Waals surface area contributed by atoms with E-state index in [0.717, 1.165) is 17.2 Å². The number of nitrogens with zero attached hydrogens (tertiary/aromatic N) is 4. The van der Waals surface area contributed by atoms with Crippen molar-refractivity contribution in [2.24, 2.45) is 7.05 Å². The Hall–Kier alpha value is -1.91. The Balaban J connectivity index is 2.01. The van der Waals surface area contributed by atoms with Gasteiger partial charge in [0.05, 0.1) is 0 Å². The summed E-state index contributed by atoms with van der Waals surface area (Å²) in [6.45, 7) is 0. The largest absolute Gasteiger partial charge is 0.373 e. The first-order valence-electron chi connectivity index (χ1n) is 6.83. The van der Waals surface area contributed by atoms with Crippen LogP contribution < -0.4 is 5.32 Å². The van der Waals surface area contributed by atoms with Gasteiger partial charge in [-0.2, -0.15) is 5.10 Å². The predicted molar refractivity (Wildman–Crippen MR) is 75.0 cm³/mol. The molecule has 0 bridgehead atoms. The molecular formula is C14H19N5. The summed E-state index contributed by atoms with van der Waals surface area (Å²) in [4.78, 5) is 9.23. The molecule has 0 aromatic carbocycles. The van der Waals surface area contributed by atoms with Crippen LogP contribution in [0.5, 0.6) is 0 Å². The fraction of sp³-hybridized carbons (Fsp3) is 0.500. The summed E-state index contributed by atoms with van der Waals surface area (Å²) in [5, 5.41) is 7.51. The van der Waals surface area contributed by atoms with Crippen LogP contribution in [0.15, 0.2) is 18.3 Å². The molecule has 100 valence electrons. The zero-order valence-corrected chi connectivity index (χ0v) is 11.4. The Labute approximate surface area is 113 Å². The minimum atomic E-state index is 0.581.